The predicted octanol–water partition coefficient (Wildman–Crippen LogP) is 2.11. The number of imidazole rings is 1. The van der Waals surface area contributed by atoms with E-state index in [0.717, 1.165) is 21.5 Å². The summed E-state index contributed by atoms with van der Waals surface area (Å²) in [6.07, 6.45) is 4.00. The van der Waals surface area contributed by atoms with E-state index in [1.54, 1.807) is 11.3 Å². The Hall–Kier alpha value is -1.95. The van der Waals surface area contributed by atoms with Gasteiger partial charge in [-0.05, 0) is 19.1 Å². The highest BCUT2D eigenvalue weighted by Crippen LogP contribution is 2.14. The van der Waals surface area contributed by atoms with Gasteiger partial charge in [-0.3, -0.25) is 0 Å². The maximum atomic E-state index is 4.49. The molecule has 0 radical (unpaired) electrons. The molecule has 86 valence electrons. The highest BCUT2D eigenvalue weighted by Gasteiger charge is 2.03. The second kappa shape index (κ2) is 4.14. The van der Waals surface area contributed by atoms with Crippen LogP contribution in [-0.4, -0.2) is 19.6 Å². The van der Waals surface area contributed by atoms with Crippen molar-refractivity contribution in [1.29, 1.82) is 0 Å². The Balaban J connectivity index is 1.76. The van der Waals surface area contributed by atoms with Crippen LogP contribution in [0.2, 0.25) is 0 Å². The van der Waals surface area contributed by atoms with Gasteiger partial charge in [0.1, 0.15) is 10.7 Å². The number of fused-ring (bicyclic) bond motifs is 1. The van der Waals surface area contributed by atoms with E-state index in [-0.39, 0.29) is 0 Å². The first kappa shape index (κ1) is 10.2. The second-order valence-corrected chi connectivity index (χ2v) is 4.86. The molecule has 0 amide bonds. The van der Waals surface area contributed by atoms with E-state index in [0.29, 0.717) is 6.54 Å². The van der Waals surface area contributed by atoms with Crippen molar-refractivity contribution in [2.75, 3.05) is 5.32 Å². The number of pyridine rings is 1. The van der Waals surface area contributed by atoms with E-state index in [9.17, 15) is 0 Å². The summed E-state index contributed by atoms with van der Waals surface area (Å²) in [5.74, 6) is 0. The molecule has 0 atom stereocenters. The Kier molecular flexibility index (Phi) is 2.49. The number of rotatable bonds is 3. The molecule has 0 aromatic carbocycles. The summed E-state index contributed by atoms with van der Waals surface area (Å²) in [5, 5.41) is 13.0. The maximum absolute atomic E-state index is 4.49. The smallest absolute Gasteiger partial charge is 0.205 e. The van der Waals surface area contributed by atoms with Gasteiger partial charge in [0.25, 0.3) is 0 Å². The summed E-state index contributed by atoms with van der Waals surface area (Å²) in [4.78, 5) is 4.49. The van der Waals surface area contributed by atoms with Crippen LogP contribution < -0.4 is 5.32 Å². The number of aryl methyl sites for hydroxylation is 1. The van der Waals surface area contributed by atoms with Crippen molar-refractivity contribution in [1.82, 2.24) is 19.6 Å². The highest BCUT2D eigenvalue weighted by molar-refractivity contribution is 7.15. The molecular weight excluding hydrogens is 234 g/mol. The summed E-state index contributed by atoms with van der Waals surface area (Å²) in [6.45, 7) is 2.60. The van der Waals surface area contributed by atoms with Crippen LogP contribution >= 0.6 is 11.3 Å². The van der Waals surface area contributed by atoms with Gasteiger partial charge in [-0.2, -0.15) is 0 Å². The summed E-state index contributed by atoms with van der Waals surface area (Å²) in [6, 6.07) is 5.95. The lowest BCUT2D eigenvalue weighted by atomic mass is 10.5. The third-order valence-corrected chi connectivity index (χ3v) is 3.16. The van der Waals surface area contributed by atoms with Crippen molar-refractivity contribution in [3.05, 3.63) is 41.3 Å². The minimum atomic E-state index is 0.663. The molecule has 0 aliphatic heterocycles. The molecule has 0 saturated carbocycles. The van der Waals surface area contributed by atoms with E-state index in [2.05, 4.69) is 20.5 Å². The van der Waals surface area contributed by atoms with Crippen LogP contribution in [0.3, 0.4) is 0 Å². The summed E-state index contributed by atoms with van der Waals surface area (Å²) in [5.41, 5.74) is 1.95. The Morgan fingerprint density at radius 1 is 1.35 bits per heavy atom. The molecule has 3 aromatic rings. The fraction of sp³-hybridized carbons (Fsp3) is 0.182. The van der Waals surface area contributed by atoms with Gasteiger partial charge < -0.3 is 9.72 Å². The average molecular weight is 245 g/mol. The molecule has 5 nitrogen and oxygen atoms in total. The quantitative estimate of drug-likeness (QED) is 0.767. The number of nitrogens with one attached hydrogen (secondary N) is 1. The largest absolute Gasteiger partial charge is 0.354 e. The van der Waals surface area contributed by atoms with Crippen LogP contribution in [-0.2, 0) is 6.54 Å². The topological polar surface area (TPSA) is 55.1 Å². The highest BCUT2D eigenvalue weighted by atomic mass is 32.1. The molecule has 0 saturated heterocycles. The minimum absolute atomic E-state index is 0.663. The van der Waals surface area contributed by atoms with Crippen molar-refractivity contribution < 1.29 is 0 Å². The molecule has 0 aliphatic rings. The fourth-order valence-corrected chi connectivity index (χ4v) is 2.19. The van der Waals surface area contributed by atoms with Crippen LogP contribution in [0.4, 0.5) is 5.13 Å². The first-order chi connectivity index (χ1) is 8.31. The molecule has 3 heterocycles. The van der Waals surface area contributed by atoms with Crippen LogP contribution in [0.5, 0.6) is 0 Å². The van der Waals surface area contributed by atoms with Crippen molar-refractivity contribution in [3.63, 3.8) is 0 Å². The lowest BCUT2D eigenvalue weighted by molar-refractivity contribution is 1.01. The maximum Gasteiger partial charge on any atom is 0.205 e. The molecule has 0 spiro atoms. The van der Waals surface area contributed by atoms with Crippen molar-refractivity contribution in [2.24, 2.45) is 0 Å². The fourth-order valence-electron chi connectivity index (χ4n) is 1.61. The third-order valence-electron chi connectivity index (χ3n) is 2.36. The second-order valence-electron chi connectivity index (χ2n) is 3.68. The molecule has 1 N–H and O–H groups in total. The van der Waals surface area contributed by atoms with Crippen LogP contribution in [0, 0.1) is 6.92 Å². The Labute approximate surface area is 102 Å². The van der Waals surface area contributed by atoms with E-state index in [1.165, 1.54) is 0 Å². The number of anilines is 1. The van der Waals surface area contributed by atoms with Crippen LogP contribution in [0.25, 0.3) is 5.65 Å². The van der Waals surface area contributed by atoms with E-state index in [4.69, 9.17) is 0 Å². The number of hydrogen-bond donors (Lipinski definition) is 1. The molecule has 0 unspecified atom stereocenters. The summed E-state index contributed by atoms with van der Waals surface area (Å²) < 4.78 is 2.00. The lowest BCUT2D eigenvalue weighted by Gasteiger charge is -1.96. The van der Waals surface area contributed by atoms with Gasteiger partial charge in [0, 0.05) is 12.4 Å². The molecule has 17 heavy (non-hydrogen) atoms. The third kappa shape index (κ3) is 2.12. The van der Waals surface area contributed by atoms with Gasteiger partial charge >= 0.3 is 0 Å². The average Bonchev–Trinajstić information content (AvgIpc) is 2.91. The number of aromatic nitrogens is 4. The van der Waals surface area contributed by atoms with Crippen molar-refractivity contribution >= 4 is 22.1 Å². The SMILES string of the molecule is Cc1nnc(NCc2cn3ccccc3n2)s1. The predicted molar refractivity (Wildman–Crippen MR) is 67.2 cm³/mol. The normalized spacial score (nSPS) is 10.9. The summed E-state index contributed by atoms with van der Waals surface area (Å²) in [7, 11) is 0. The van der Waals surface area contributed by atoms with Gasteiger partial charge in [-0.25, -0.2) is 4.98 Å². The van der Waals surface area contributed by atoms with E-state index < -0.39 is 0 Å². The first-order valence-corrected chi connectivity index (χ1v) is 6.09. The van der Waals surface area contributed by atoms with Gasteiger partial charge in [0.15, 0.2) is 0 Å². The molecule has 0 bridgehead atoms. The monoisotopic (exact) mass is 245 g/mol. The number of nitrogens with zero attached hydrogens (tertiary/aromatic N) is 4. The van der Waals surface area contributed by atoms with Gasteiger partial charge in [-0.1, -0.05) is 17.4 Å². The zero-order chi connectivity index (χ0) is 11.7. The Morgan fingerprint density at radius 3 is 3.06 bits per heavy atom. The van der Waals surface area contributed by atoms with Crippen LogP contribution in [0.15, 0.2) is 30.6 Å². The summed E-state index contributed by atoms with van der Waals surface area (Å²) >= 11 is 1.55. The minimum Gasteiger partial charge on any atom is -0.354 e. The van der Waals surface area contributed by atoms with E-state index >= 15 is 0 Å². The lowest BCUT2D eigenvalue weighted by Crippen LogP contribution is -1.98. The Morgan fingerprint density at radius 2 is 2.29 bits per heavy atom. The van der Waals surface area contributed by atoms with Gasteiger partial charge in [0.2, 0.25) is 5.13 Å². The molecule has 3 rings (SSSR count). The Bertz CT molecular complexity index is 609. The van der Waals surface area contributed by atoms with Crippen molar-refractivity contribution in [2.45, 2.75) is 13.5 Å². The van der Waals surface area contributed by atoms with Gasteiger partial charge in [-0.15, -0.1) is 10.2 Å². The molecule has 3 aromatic heterocycles. The molecule has 0 fully saturated rings. The van der Waals surface area contributed by atoms with E-state index in [1.807, 2.05) is 41.9 Å². The zero-order valence-corrected chi connectivity index (χ0v) is 10.1. The van der Waals surface area contributed by atoms with Crippen molar-refractivity contribution in [3.8, 4) is 0 Å². The molecule has 6 heteroatoms. The zero-order valence-electron chi connectivity index (χ0n) is 9.29. The molecular formula is C11H11N5S. The standard InChI is InChI=1S/C11H11N5S/c1-8-14-15-11(17-8)12-6-9-7-16-5-3-2-4-10(16)13-9/h2-5,7H,6H2,1H3,(H,12,15). The van der Waals surface area contributed by atoms with Crippen LogP contribution in [0.1, 0.15) is 10.7 Å². The van der Waals surface area contributed by atoms with Gasteiger partial charge in [0.05, 0.1) is 12.2 Å². The number of hydrogen-bond acceptors (Lipinski definition) is 5. The molecule has 0 aliphatic carbocycles. The first-order valence-electron chi connectivity index (χ1n) is 5.28.